The van der Waals surface area contributed by atoms with Gasteiger partial charge in [0.15, 0.2) is 0 Å². The minimum Gasteiger partial charge on any atom is -0.535 e. The molecule has 2 aromatic rings. The third-order valence-corrected chi connectivity index (χ3v) is 3.61. The Bertz CT molecular complexity index is 578. The van der Waals surface area contributed by atoms with E-state index in [-0.39, 0.29) is 12.9 Å². The maximum Gasteiger partial charge on any atom is 0.361 e. The Balaban J connectivity index is 2.04. The van der Waals surface area contributed by atoms with E-state index in [2.05, 4.69) is 4.98 Å². The summed E-state index contributed by atoms with van der Waals surface area (Å²) in [7, 11) is 0. The van der Waals surface area contributed by atoms with Crippen molar-refractivity contribution < 1.29 is 9.45 Å². The summed E-state index contributed by atoms with van der Waals surface area (Å²) < 4.78 is 5.40. The molecular formula is C15H21BN2O2. The predicted molar refractivity (Wildman–Crippen MR) is 82.8 cm³/mol. The number of carbonyl (C=O) groups excluding carboxylic acids is 1. The van der Waals surface area contributed by atoms with Crippen molar-refractivity contribution in [1.29, 1.82) is 0 Å². The van der Waals surface area contributed by atoms with Crippen molar-refractivity contribution in [2.45, 2.75) is 39.0 Å². The van der Waals surface area contributed by atoms with Gasteiger partial charge >= 0.3 is 12.9 Å². The van der Waals surface area contributed by atoms with Crippen LogP contribution < -0.4 is 5.73 Å². The molecule has 0 saturated carbocycles. The van der Waals surface area contributed by atoms with Crippen LogP contribution in [0, 0.1) is 0 Å². The SMILES string of the molecule is CCB(CC)OC(=O)[C@@H](N)Cc1c[nH]c2ccccc12. The molecule has 1 heterocycles. The van der Waals surface area contributed by atoms with Crippen molar-refractivity contribution in [3.05, 3.63) is 36.0 Å². The van der Waals surface area contributed by atoms with E-state index in [1.165, 1.54) is 0 Å². The molecule has 3 N–H and O–H groups in total. The molecule has 20 heavy (non-hydrogen) atoms. The van der Waals surface area contributed by atoms with Crippen molar-refractivity contribution in [3.8, 4) is 0 Å². The van der Waals surface area contributed by atoms with Crippen LogP contribution >= 0.6 is 0 Å². The predicted octanol–water partition coefficient (Wildman–Crippen LogP) is 2.61. The molecule has 0 radical (unpaired) electrons. The summed E-state index contributed by atoms with van der Waals surface area (Å²) in [5.74, 6) is -0.316. The van der Waals surface area contributed by atoms with Crippen LogP contribution in [0.3, 0.4) is 0 Å². The Morgan fingerprint density at radius 2 is 2.05 bits per heavy atom. The van der Waals surface area contributed by atoms with E-state index in [0.29, 0.717) is 6.42 Å². The molecule has 0 spiro atoms. The average molecular weight is 272 g/mol. The number of hydrogen-bond donors (Lipinski definition) is 2. The fourth-order valence-electron chi connectivity index (χ4n) is 2.33. The first-order valence-electron chi connectivity index (χ1n) is 7.16. The summed E-state index contributed by atoms with van der Waals surface area (Å²) in [5, 5.41) is 1.11. The van der Waals surface area contributed by atoms with Crippen LogP contribution in [0.1, 0.15) is 19.4 Å². The van der Waals surface area contributed by atoms with Crippen LogP contribution in [0.4, 0.5) is 0 Å². The molecule has 2 rings (SSSR count). The maximum atomic E-state index is 12.0. The van der Waals surface area contributed by atoms with E-state index >= 15 is 0 Å². The van der Waals surface area contributed by atoms with E-state index in [9.17, 15) is 4.79 Å². The summed E-state index contributed by atoms with van der Waals surface area (Å²) in [6.07, 6.45) is 4.04. The van der Waals surface area contributed by atoms with Gasteiger partial charge < -0.3 is 15.4 Å². The van der Waals surface area contributed by atoms with E-state index < -0.39 is 6.04 Å². The first kappa shape index (κ1) is 14.7. The van der Waals surface area contributed by atoms with Gasteiger partial charge in [0.2, 0.25) is 0 Å². The molecule has 0 bridgehead atoms. The highest BCUT2D eigenvalue weighted by Crippen LogP contribution is 2.19. The van der Waals surface area contributed by atoms with Crippen LogP contribution in [-0.2, 0) is 15.9 Å². The van der Waals surface area contributed by atoms with E-state index in [1.54, 1.807) is 0 Å². The Hall–Kier alpha value is -1.75. The van der Waals surface area contributed by atoms with Gasteiger partial charge in [-0.25, -0.2) is 0 Å². The number of aromatic nitrogens is 1. The number of rotatable bonds is 6. The average Bonchev–Trinajstić information content (AvgIpc) is 2.87. The van der Waals surface area contributed by atoms with Gasteiger partial charge in [-0.05, 0) is 24.3 Å². The minimum atomic E-state index is -0.616. The lowest BCUT2D eigenvalue weighted by Crippen LogP contribution is -2.37. The third kappa shape index (κ3) is 3.22. The second kappa shape index (κ2) is 6.61. The number of carbonyl (C=O) groups is 1. The fraction of sp³-hybridized carbons (Fsp3) is 0.400. The van der Waals surface area contributed by atoms with Gasteiger partial charge in [-0.2, -0.15) is 0 Å². The zero-order valence-corrected chi connectivity index (χ0v) is 12.1. The lowest BCUT2D eigenvalue weighted by molar-refractivity contribution is -0.136. The summed E-state index contributed by atoms with van der Waals surface area (Å²) in [4.78, 5) is 15.2. The van der Waals surface area contributed by atoms with Crippen molar-refractivity contribution in [3.63, 3.8) is 0 Å². The minimum absolute atomic E-state index is 0.0310. The first-order chi connectivity index (χ1) is 9.65. The Morgan fingerprint density at radius 3 is 2.75 bits per heavy atom. The first-order valence-corrected chi connectivity index (χ1v) is 7.16. The molecule has 0 aliphatic carbocycles. The van der Waals surface area contributed by atoms with Crippen LogP contribution in [0.15, 0.2) is 30.5 Å². The molecule has 4 nitrogen and oxygen atoms in total. The van der Waals surface area contributed by atoms with Gasteiger partial charge in [0.1, 0.15) is 6.04 Å². The fourth-order valence-corrected chi connectivity index (χ4v) is 2.33. The largest absolute Gasteiger partial charge is 0.535 e. The van der Waals surface area contributed by atoms with Gasteiger partial charge in [-0.3, -0.25) is 4.79 Å². The zero-order valence-electron chi connectivity index (χ0n) is 12.1. The second-order valence-electron chi connectivity index (χ2n) is 5.05. The Labute approximate surface area is 119 Å². The van der Waals surface area contributed by atoms with Crippen molar-refractivity contribution in [1.82, 2.24) is 4.98 Å². The normalized spacial score (nSPS) is 12.3. The summed E-state index contributed by atoms with van der Waals surface area (Å²) in [5.41, 5.74) is 8.08. The summed E-state index contributed by atoms with van der Waals surface area (Å²) >= 11 is 0. The van der Waals surface area contributed by atoms with Gasteiger partial charge in [0.25, 0.3) is 0 Å². The highest BCUT2D eigenvalue weighted by Gasteiger charge is 2.22. The number of hydrogen-bond acceptors (Lipinski definition) is 3. The molecule has 0 amide bonds. The number of H-pyrrole nitrogens is 1. The van der Waals surface area contributed by atoms with Crippen molar-refractivity contribution >= 4 is 23.8 Å². The number of fused-ring (bicyclic) bond motifs is 1. The number of benzene rings is 1. The smallest absolute Gasteiger partial charge is 0.361 e. The number of aromatic amines is 1. The van der Waals surface area contributed by atoms with Crippen molar-refractivity contribution in [2.24, 2.45) is 5.73 Å². The molecule has 106 valence electrons. The number of para-hydroxylation sites is 1. The molecule has 5 heteroatoms. The van der Waals surface area contributed by atoms with Crippen molar-refractivity contribution in [2.75, 3.05) is 0 Å². The van der Waals surface area contributed by atoms with E-state index in [0.717, 1.165) is 29.1 Å². The van der Waals surface area contributed by atoms with Crippen LogP contribution in [-0.4, -0.2) is 23.9 Å². The van der Waals surface area contributed by atoms with E-state index in [1.807, 2.05) is 44.3 Å². The Kier molecular flexibility index (Phi) is 4.85. The molecule has 0 saturated heterocycles. The van der Waals surface area contributed by atoms with E-state index in [4.69, 9.17) is 10.4 Å². The lowest BCUT2D eigenvalue weighted by Gasteiger charge is -2.15. The highest BCUT2D eigenvalue weighted by molar-refractivity contribution is 6.53. The molecule has 0 unspecified atom stereocenters. The topological polar surface area (TPSA) is 68.1 Å². The molecule has 0 fully saturated rings. The maximum absolute atomic E-state index is 12.0. The quantitative estimate of drug-likeness (QED) is 0.794. The zero-order chi connectivity index (χ0) is 14.5. The van der Waals surface area contributed by atoms with Crippen LogP contribution in [0.5, 0.6) is 0 Å². The molecule has 1 atom stereocenters. The molecule has 0 aliphatic rings. The standard InChI is InChI=1S/C15H21BN2O2/c1-3-16(4-2)20-15(19)13(17)9-11-10-18-14-8-6-5-7-12(11)14/h5-8,10,13,18H,3-4,9,17H2,1-2H3/t13-/m0/s1. The summed E-state index contributed by atoms with van der Waals surface area (Å²) in [6, 6.07) is 7.37. The Morgan fingerprint density at radius 1 is 1.35 bits per heavy atom. The lowest BCUT2D eigenvalue weighted by atomic mass is 9.62. The second-order valence-corrected chi connectivity index (χ2v) is 5.05. The third-order valence-electron chi connectivity index (χ3n) is 3.61. The van der Waals surface area contributed by atoms with Crippen LogP contribution in [0.25, 0.3) is 10.9 Å². The molecule has 1 aromatic heterocycles. The molecule has 1 aromatic carbocycles. The molecule has 0 aliphatic heterocycles. The highest BCUT2D eigenvalue weighted by atomic mass is 16.5. The number of nitrogens with two attached hydrogens (primary N) is 1. The molecular weight excluding hydrogens is 251 g/mol. The van der Waals surface area contributed by atoms with Gasteiger partial charge in [0, 0.05) is 23.5 Å². The monoisotopic (exact) mass is 272 g/mol. The van der Waals surface area contributed by atoms with Crippen LogP contribution in [0.2, 0.25) is 12.6 Å². The van der Waals surface area contributed by atoms with Gasteiger partial charge in [0.05, 0.1) is 0 Å². The van der Waals surface area contributed by atoms with Gasteiger partial charge in [-0.1, -0.05) is 32.0 Å². The number of nitrogens with one attached hydrogen (secondary N) is 1. The van der Waals surface area contributed by atoms with Gasteiger partial charge in [-0.15, -0.1) is 0 Å². The summed E-state index contributed by atoms with van der Waals surface area (Å²) in [6.45, 7) is 3.98.